The Morgan fingerprint density at radius 1 is 1.25 bits per heavy atom. The average molecular weight is 290 g/mol. The van der Waals surface area contributed by atoms with Crippen LogP contribution in [-0.2, 0) is 0 Å². The van der Waals surface area contributed by atoms with Gasteiger partial charge in [0.1, 0.15) is 11.6 Å². The molecule has 1 saturated carbocycles. The SMILES string of the molecule is CC1CCCC1Nc1cc(F)c(Br)cc1F. The van der Waals surface area contributed by atoms with Crippen LogP contribution in [0.2, 0.25) is 0 Å². The molecule has 0 heterocycles. The van der Waals surface area contributed by atoms with Crippen LogP contribution >= 0.6 is 15.9 Å². The van der Waals surface area contributed by atoms with Gasteiger partial charge in [-0.2, -0.15) is 0 Å². The molecule has 0 saturated heterocycles. The third-order valence-electron chi connectivity index (χ3n) is 3.21. The molecule has 2 rings (SSSR count). The van der Waals surface area contributed by atoms with Crippen molar-refractivity contribution >= 4 is 21.6 Å². The predicted octanol–water partition coefficient (Wildman–Crippen LogP) is 4.33. The van der Waals surface area contributed by atoms with Gasteiger partial charge in [0, 0.05) is 12.1 Å². The Morgan fingerprint density at radius 3 is 2.62 bits per heavy atom. The summed E-state index contributed by atoms with van der Waals surface area (Å²) in [4.78, 5) is 0. The fourth-order valence-corrected chi connectivity index (χ4v) is 2.51. The van der Waals surface area contributed by atoms with Crippen molar-refractivity contribution < 1.29 is 8.78 Å². The molecule has 1 fully saturated rings. The maximum absolute atomic E-state index is 13.6. The Balaban J connectivity index is 2.18. The van der Waals surface area contributed by atoms with Crippen LogP contribution in [0.5, 0.6) is 0 Å². The second-order valence-electron chi connectivity index (χ2n) is 4.41. The van der Waals surface area contributed by atoms with Gasteiger partial charge in [-0.25, -0.2) is 8.78 Å². The minimum absolute atomic E-state index is 0.162. The molecule has 1 aliphatic rings. The van der Waals surface area contributed by atoms with E-state index < -0.39 is 11.6 Å². The van der Waals surface area contributed by atoms with E-state index in [1.54, 1.807) is 0 Å². The number of nitrogens with one attached hydrogen (secondary N) is 1. The Labute approximate surface area is 102 Å². The van der Waals surface area contributed by atoms with E-state index in [-0.39, 0.29) is 16.2 Å². The lowest BCUT2D eigenvalue weighted by atomic mass is 10.1. The zero-order valence-electron chi connectivity index (χ0n) is 9.06. The molecule has 0 aromatic heterocycles. The monoisotopic (exact) mass is 289 g/mol. The first-order valence-electron chi connectivity index (χ1n) is 5.49. The largest absolute Gasteiger partial charge is 0.380 e. The molecule has 1 aliphatic carbocycles. The summed E-state index contributed by atoms with van der Waals surface area (Å²) in [5.41, 5.74) is 0.263. The van der Waals surface area contributed by atoms with Crippen molar-refractivity contribution in [3.63, 3.8) is 0 Å². The highest BCUT2D eigenvalue weighted by Crippen LogP contribution is 2.30. The molecule has 1 N–H and O–H groups in total. The van der Waals surface area contributed by atoms with Crippen molar-refractivity contribution in [1.82, 2.24) is 0 Å². The molecule has 0 radical (unpaired) electrons. The van der Waals surface area contributed by atoms with E-state index >= 15 is 0 Å². The molecule has 16 heavy (non-hydrogen) atoms. The molecule has 4 heteroatoms. The second-order valence-corrected chi connectivity index (χ2v) is 5.26. The quantitative estimate of drug-likeness (QED) is 0.799. The first-order chi connectivity index (χ1) is 7.58. The van der Waals surface area contributed by atoms with Gasteiger partial charge in [-0.05, 0) is 40.8 Å². The summed E-state index contributed by atoms with van der Waals surface area (Å²) in [6.45, 7) is 2.14. The number of hydrogen-bond acceptors (Lipinski definition) is 1. The number of hydrogen-bond donors (Lipinski definition) is 1. The maximum atomic E-state index is 13.6. The van der Waals surface area contributed by atoms with E-state index in [4.69, 9.17) is 0 Å². The highest BCUT2D eigenvalue weighted by Gasteiger charge is 2.24. The van der Waals surface area contributed by atoms with Crippen molar-refractivity contribution in [2.45, 2.75) is 32.2 Å². The van der Waals surface area contributed by atoms with Crippen LogP contribution in [0.1, 0.15) is 26.2 Å². The van der Waals surface area contributed by atoms with Gasteiger partial charge < -0.3 is 5.32 Å². The smallest absolute Gasteiger partial charge is 0.147 e. The van der Waals surface area contributed by atoms with Crippen LogP contribution in [0.4, 0.5) is 14.5 Å². The first kappa shape index (κ1) is 11.8. The summed E-state index contributed by atoms with van der Waals surface area (Å²) in [7, 11) is 0. The molecule has 1 nitrogen and oxygen atoms in total. The number of rotatable bonds is 2. The summed E-state index contributed by atoms with van der Waals surface area (Å²) >= 11 is 2.96. The Kier molecular flexibility index (Phi) is 3.47. The maximum Gasteiger partial charge on any atom is 0.147 e. The molecule has 0 bridgehead atoms. The Bertz CT molecular complexity index is 395. The van der Waals surface area contributed by atoms with E-state index in [9.17, 15) is 8.78 Å². The van der Waals surface area contributed by atoms with Gasteiger partial charge >= 0.3 is 0 Å². The van der Waals surface area contributed by atoms with Crippen molar-refractivity contribution in [2.75, 3.05) is 5.32 Å². The molecule has 2 unspecified atom stereocenters. The van der Waals surface area contributed by atoms with Gasteiger partial charge in [-0.15, -0.1) is 0 Å². The Hall–Kier alpha value is -0.640. The number of benzene rings is 1. The fourth-order valence-electron chi connectivity index (χ4n) is 2.19. The van der Waals surface area contributed by atoms with Gasteiger partial charge in [0.15, 0.2) is 0 Å². The van der Waals surface area contributed by atoms with E-state index in [0.29, 0.717) is 5.92 Å². The van der Waals surface area contributed by atoms with Crippen molar-refractivity contribution in [3.05, 3.63) is 28.2 Å². The topological polar surface area (TPSA) is 12.0 Å². The molecule has 1 aromatic carbocycles. The zero-order chi connectivity index (χ0) is 11.7. The minimum atomic E-state index is -0.436. The van der Waals surface area contributed by atoms with Crippen molar-refractivity contribution in [1.29, 1.82) is 0 Å². The van der Waals surface area contributed by atoms with Crippen molar-refractivity contribution in [2.24, 2.45) is 5.92 Å². The van der Waals surface area contributed by atoms with Gasteiger partial charge in [0.2, 0.25) is 0 Å². The van der Waals surface area contributed by atoms with Crippen molar-refractivity contribution in [3.8, 4) is 0 Å². The van der Waals surface area contributed by atoms with Crippen LogP contribution < -0.4 is 5.32 Å². The normalized spacial score (nSPS) is 24.8. The number of anilines is 1. The van der Waals surface area contributed by atoms with Gasteiger partial charge in [0.05, 0.1) is 10.2 Å². The van der Waals surface area contributed by atoms with Gasteiger partial charge in [-0.3, -0.25) is 0 Å². The summed E-state index contributed by atoms with van der Waals surface area (Å²) in [6, 6.07) is 2.64. The van der Waals surface area contributed by atoms with Crippen LogP contribution in [0, 0.1) is 17.6 Å². The van der Waals surface area contributed by atoms with Gasteiger partial charge in [0.25, 0.3) is 0 Å². The standard InChI is InChI=1S/C12H14BrF2N/c1-7-3-2-4-11(7)16-12-6-9(14)8(13)5-10(12)15/h5-7,11,16H,2-4H2,1H3. The molecule has 2 atom stereocenters. The summed E-state index contributed by atoms with van der Waals surface area (Å²) in [5.74, 6) is -0.326. The summed E-state index contributed by atoms with van der Waals surface area (Å²) in [6.07, 6.45) is 3.33. The molecule has 88 valence electrons. The first-order valence-corrected chi connectivity index (χ1v) is 6.28. The lowest BCUT2D eigenvalue weighted by molar-refractivity contribution is 0.546. The van der Waals surface area contributed by atoms with Crippen LogP contribution in [-0.4, -0.2) is 6.04 Å². The average Bonchev–Trinajstić information content (AvgIpc) is 2.61. The highest BCUT2D eigenvalue weighted by molar-refractivity contribution is 9.10. The van der Waals surface area contributed by atoms with Crippen LogP contribution in [0.15, 0.2) is 16.6 Å². The van der Waals surface area contributed by atoms with Crippen LogP contribution in [0.25, 0.3) is 0 Å². The molecular formula is C12H14BrF2N. The van der Waals surface area contributed by atoms with E-state index in [1.165, 1.54) is 6.07 Å². The third-order valence-corrected chi connectivity index (χ3v) is 3.82. The third kappa shape index (κ3) is 2.37. The fraction of sp³-hybridized carbons (Fsp3) is 0.500. The van der Waals surface area contributed by atoms with Crippen LogP contribution in [0.3, 0.4) is 0 Å². The lowest BCUT2D eigenvalue weighted by Gasteiger charge is -2.19. The number of halogens is 3. The second kappa shape index (κ2) is 4.70. The van der Waals surface area contributed by atoms with E-state index in [1.807, 2.05) is 0 Å². The molecule has 0 spiro atoms. The molecule has 0 aliphatic heterocycles. The van der Waals surface area contributed by atoms with E-state index in [2.05, 4.69) is 28.2 Å². The molecule has 0 amide bonds. The predicted molar refractivity (Wildman–Crippen MR) is 64.5 cm³/mol. The van der Waals surface area contributed by atoms with Gasteiger partial charge in [-0.1, -0.05) is 13.3 Å². The zero-order valence-corrected chi connectivity index (χ0v) is 10.7. The highest BCUT2D eigenvalue weighted by atomic mass is 79.9. The summed E-state index contributed by atoms with van der Waals surface area (Å²) < 4.78 is 27.0. The summed E-state index contributed by atoms with van der Waals surface area (Å²) in [5, 5.41) is 3.09. The minimum Gasteiger partial charge on any atom is -0.380 e. The molecular weight excluding hydrogens is 276 g/mol. The lowest BCUT2D eigenvalue weighted by Crippen LogP contribution is -2.22. The Morgan fingerprint density at radius 2 is 2.00 bits per heavy atom. The molecule has 1 aromatic rings. The van der Waals surface area contributed by atoms with E-state index in [0.717, 1.165) is 25.3 Å².